The van der Waals surface area contributed by atoms with E-state index in [1.165, 1.54) is 29.8 Å². The highest BCUT2D eigenvalue weighted by Crippen LogP contribution is 2.31. The number of hydrogen-bond donors (Lipinski definition) is 1. The Morgan fingerprint density at radius 1 is 1.23 bits per heavy atom. The Morgan fingerprint density at radius 3 is 2.68 bits per heavy atom. The molecule has 4 rings (SSSR count). The van der Waals surface area contributed by atoms with Crippen molar-refractivity contribution in [1.82, 2.24) is 19.5 Å². The van der Waals surface area contributed by atoms with Gasteiger partial charge in [0.2, 0.25) is 5.91 Å². The van der Waals surface area contributed by atoms with Crippen LogP contribution in [-0.4, -0.2) is 53.2 Å². The lowest BCUT2D eigenvalue weighted by Crippen LogP contribution is -2.41. The molecule has 9 nitrogen and oxygen atoms in total. The number of sulfone groups is 1. The van der Waals surface area contributed by atoms with Gasteiger partial charge in [-0.25, -0.2) is 17.9 Å². The topological polar surface area (TPSA) is 114 Å². The molecule has 1 atom stereocenters. The highest BCUT2D eigenvalue weighted by Gasteiger charge is 2.32. The van der Waals surface area contributed by atoms with Crippen LogP contribution in [0.3, 0.4) is 0 Å². The maximum absolute atomic E-state index is 13.1. The molecule has 2 aromatic heterocycles. The third-order valence-electron chi connectivity index (χ3n) is 5.51. The van der Waals surface area contributed by atoms with Crippen LogP contribution >= 0.6 is 0 Å². The molecule has 1 N–H and O–H groups in total. The number of methoxy groups -OCH3 is 1. The normalized spacial score (nSPS) is 17.1. The number of aryl methyl sites for hydroxylation is 1. The van der Waals surface area contributed by atoms with Crippen molar-refractivity contribution in [2.24, 2.45) is 0 Å². The zero-order valence-corrected chi connectivity index (χ0v) is 18.2. The van der Waals surface area contributed by atoms with Crippen LogP contribution in [0.1, 0.15) is 36.7 Å². The van der Waals surface area contributed by atoms with Gasteiger partial charge in [0.05, 0.1) is 23.7 Å². The van der Waals surface area contributed by atoms with E-state index in [4.69, 9.17) is 4.74 Å². The first-order valence-electron chi connectivity index (χ1n) is 10.0. The molecule has 1 aromatic carbocycles. The minimum absolute atomic E-state index is 0.0760. The fourth-order valence-corrected chi connectivity index (χ4v) is 5.17. The van der Waals surface area contributed by atoms with Crippen molar-refractivity contribution >= 4 is 21.4 Å². The van der Waals surface area contributed by atoms with Gasteiger partial charge < -0.3 is 9.64 Å². The number of aromatic amines is 1. The van der Waals surface area contributed by atoms with Gasteiger partial charge in [0, 0.05) is 24.4 Å². The molecule has 0 radical (unpaired) electrons. The quantitative estimate of drug-likeness (QED) is 0.643. The van der Waals surface area contributed by atoms with Crippen molar-refractivity contribution in [2.45, 2.75) is 37.1 Å². The fraction of sp³-hybridized carbons (Fsp3) is 0.381. The van der Waals surface area contributed by atoms with Gasteiger partial charge in [-0.15, -0.1) is 0 Å². The molecular weight excluding hydrogens is 420 g/mol. The van der Waals surface area contributed by atoms with Gasteiger partial charge in [-0.2, -0.15) is 0 Å². The lowest BCUT2D eigenvalue weighted by Gasteiger charge is -2.35. The number of carbonyl (C=O) groups is 1. The number of nitrogens with one attached hydrogen (secondary N) is 1. The SMILES string of the molecule is COc1ccc(S(=O)(=O)CC(=O)N2CCCCC2c2cc3nc(C)cc(=O)n3[nH]2)cc1. The lowest BCUT2D eigenvalue weighted by molar-refractivity contribution is -0.132. The molecule has 1 unspecified atom stereocenters. The van der Waals surface area contributed by atoms with Crippen LogP contribution in [0.4, 0.5) is 0 Å². The van der Waals surface area contributed by atoms with Crippen LogP contribution in [0.25, 0.3) is 5.65 Å². The highest BCUT2D eigenvalue weighted by molar-refractivity contribution is 7.92. The number of ether oxygens (including phenoxy) is 1. The summed E-state index contributed by atoms with van der Waals surface area (Å²) in [4.78, 5) is 31.3. The van der Waals surface area contributed by atoms with E-state index in [9.17, 15) is 18.0 Å². The van der Waals surface area contributed by atoms with E-state index in [0.29, 0.717) is 35.8 Å². The number of aromatic nitrogens is 3. The summed E-state index contributed by atoms with van der Waals surface area (Å²) in [6.45, 7) is 2.20. The number of benzene rings is 1. The average molecular weight is 445 g/mol. The number of nitrogens with zero attached hydrogens (tertiary/aromatic N) is 3. The first kappa shape index (κ1) is 21.1. The molecule has 0 aliphatic carbocycles. The van der Waals surface area contributed by atoms with Crippen molar-refractivity contribution in [2.75, 3.05) is 19.4 Å². The van der Waals surface area contributed by atoms with E-state index in [2.05, 4.69) is 10.1 Å². The summed E-state index contributed by atoms with van der Waals surface area (Å²) < 4.78 is 32.0. The maximum atomic E-state index is 13.1. The summed E-state index contributed by atoms with van der Waals surface area (Å²) in [5.74, 6) is -0.539. The average Bonchev–Trinajstić information content (AvgIpc) is 3.18. The zero-order chi connectivity index (χ0) is 22.2. The second kappa shape index (κ2) is 8.18. The number of fused-ring (bicyclic) bond motifs is 1. The predicted molar refractivity (Wildman–Crippen MR) is 114 cm³/mol. The van der Waals surface area contributed by atoms with E-state index in [0.717, 1.165) is 12.8 Å². The van der Waals surface area contributed by atoms with E-state index in [1.54, 1.807) is 30.0 Å². The molecule has 0 saturated carbocycles. The first-order valence-corrected chi connectivity index (χ1v) is 11.7. The van der Waals surface area contributed by atoms with Crippen LogP contribution in [0.5, 0.6) is 5.75 Å². The van der Waals surface area contributed by atoms with E-state index < -0.39 is 21.5 Å². The van der Waals surface area contributed by atoms with E-state index >= 15 is 0 Å². The summed E-state index contributed by atoms with van der Waals surface area (Å²) in [7, 11) is -2.30. The van der Waals surface area contributed by atoms with Crippen LogP contribution < -0.4 is 10.3 Å². The Kier molecular flexibility index (Phi) is 5.57. The maximum Gasteiger partial charge on any atom is 0.272 e. The fourth-order valence-electron chi connectivity index (χ4n) is 3.96. The molecular formula is C21H24N4O5S. The van der Waals surface area contributed by atoms with E-state index in [1.807, 2.05) is 0 Å². The van der Waals surface area contributed by atoms with Gasteiger partial charge in [0.1, 0.15) is 11.5 Å². The third kappa shape index (κ3) is 4.20. The number of hydrogen-bond acceptors (Lipinski definition) is 6. The molecule has 1 fully saturated rings. The van der Waals surface area contributed by atoms with E-state index in [-0.39, 0.29) is 16.5 Å². The highest BCUT2D eigenvalue weighted by atomic mass is 32.2. The smallest absolute Gasteiger partial charge is 0.272 e. The van der Waals surface area contributed by atoms with Gasteiger partial charge in [-0.1, -0.05) is 0 Å². The minimum Gasteiger partial charge on any atom is -0.497 e. The Morgan fingerprint density at radius 2 is 1.97 bits per heavy atom. The standard InChI is InChI=1S/C21H24N4O5S/c1-14-11-20(26)25-19(22-14)12-17(23-25)18-5-3-4-10-24(18)21(27)13-31(28,29)16-8-6-15(30-2)7-9-16/h6-9,11-12,18,23H,3-5,10,13H2,1-2H3. The molecule has 3 aromatic rings. The monoisotopic (exact) mass is 444 g/mol. The van der Waals surface area contributed by atoms with Crippen LogP contribution in [0.2, 0.25) is 0 Å². The summed E-state index contributed by atoms with van der Waals surface area (Å²) in [6, 6.07) is 8.83. The number of likely N-dealkylation sites (tertiary alicyclic amines) is 1. The Bertz CT molecular complexity index is 1280. The predicted octanol–water partition coefficient (Wildman–Crippen LogP) is 1.87. The molecule has 1 amide bonds. The summed E-state index contributed by atoms with van der Waals surface area (Å²) >= 11 is 0. The Hall–Kier alpha value is -3.14. The van der Waals surface area contributed by atoms with Crippen molar-refractivity contribution in [1.29, 1.82) is 0 Å². The first-order chi connectivity index (χ1) is 14.8. The van der Waals surface area contributed by atoms with Gasteiger partial charge >= 0.3 is 0 Å². The third-order valence-corrected chi connectivity index (χ3v) is 7.13. The number of amides is 1. The van der Waals surface area contributed by atoms with Crippen molar-refractivity contribution in [3.8, 4) is 5.75 Å². The lowest BCUT2D eigenvalue weighted by atomic mass is 9.99. The molecule has 3 heterocycles. The number of rotatable bonds is 5. The van der Waals surface area contributed by atoms with Crippen LogP contribution in [0.15, 0.2) is 46.1 Å². The summed E-state index contributed by atoms with van der Waals surface area (Å²) in [5, 5.41) is 3.04. The molecule has 1 aliphatic rings. The number of H-pyrrole nitrogens is 1. The van der Waals surface area contributed by atoms with Crippen molar-refractivity contribution in [3.05, 3.63) is 58.1 Å². The largest absolute Gasteiger partial charge is 0.497 e. The molecule has 10 heteroatoms. The van der Waals surface area contributed by atoms with Gasteiger partial charge in [0.25, 0.3) is 5.56 Å². The van der Waals surface area contributed by atoms with Crippen LogP contribution in [-0.2, 0) is 14.6 Å². The molecule has 164 valence electrons. The van der Waals surface area contributed by atoms with Crippen molar-refractivity contribution in [3.63, 3.8) is 0 Å². The molecule has 0 bridgehead atoms. The zero-order valence-electron chi connectivity index (χ0n) is 17.4. The molecule has 1 aliphatic heterocycles. The van der Waals surface area contributed by atoms with Gasteiger partial charge in [0.15, 0.2) is 15.5 Å². The number of carbonyl (C=O) groups excluding carboxylic acids is 1. The second-order valence-electron chi connectivity index (χ2n) is 7.67. The van der Waals surface area contributed by atoms with Crippen molar-refractivity contribution < 1.29 is 17.9 Å². The molecule has 31 heavy (non-hydrogen) atoms. The Balaban J connectivity index is 1.60. The number of piperidine rings is 1. The second-order valence-corrected chi connectivity index (χ2v) is 9.66. The molecule has 0 spiro atoms. The summed E-state index contributed by atoms with van der Waals surface area (Å²) in [6.07, 6.45) is 2.37. The Labute approximate surface area is 179 Å². The van der Waals surface area contributed by atoms with Gasteiger partial charge in [-0.3, -0.25) is 14.7 Å². The minimum atomic E-state index is -3.80. The summed E-state index contributed by atoms with van der Waals surface area (Å²) in [5.41, 5.74) is 1.52. The van der Waals surface area contributed by atoms with Gasteiger partial charge in [-0.05, 0) is 50.5 Å². The van der Waals surface area contributed by atoms with Crippen LogP contribution in [0, 0.1) is 6.92 Å². The molecule has 1 saturated heterocycles.